The van der Waals surface area contributed by atoms with Crippen molar-refractivity contribution in [2.75, 3.05) is 4.31 Å². The van der Waals surface area contributed by atoms with Gasteiger partial charge in [-0.3, -0.25) is 19.2 Å². The Hall–Kier alpha value is -2.81. The molecule has 0 fully saturated rings. The zero-order valence-corrected chi connectivity index (χ0v) is 16.0. The Morgan fingerprint density at radius 1 is 0.929 bits per heavy atom. The number of fused-ring (bicyclic) bond motifs is 1. The first-order valence-corrected chi connectivity index (χ1v) is 9.91. The van der Waals surface area contributed by atoms with Crippen molar-refractivity contribution in [2.24, 2.45) is 0 Å². The molecule has 1 heterocycles. The molecule has 3 aromatic rings. The zero-order chi connectivity index (χ0) is 19.5. The van der Waals surface area contributed by atoms with E-state index in [0.717, 1.165) is 40.5 Å². The lowest BCUT2D eigenvalue weighted by Gasteiger charge is -2.06. The number of amides is 2. The molecule has 8 heteroatoms. The van der Waals surface area contributed by atoms with Gasteiger partial charge >= 0.3 is 5.24 Å². The molecule has 0 bridgehead atoms. The third kappa shape index (κ3) is 4.04. The first-order valence-electron chi connectivity index (χ1n) is 8.32. The minimum atomic E-state index is -0.648. The summed E-state index contributed by atoms with van der Waals surface area (Å²) in [5.41, 5.74) is 4.47. The van der Waals surface area contributed by atoms with Crippen LogP contribution in [0.2, 0.25) is 0 Å². The molecule has 1 aliphatic heterocycles. The second-order valence-corrected chi connectivity index (χ2v) is 7.65. The number of anilines is 2. The fourth-order valence-corrected chi connectivity index (χ4v) is 4.11. The smallest absolute Gasteiger partial charge is 0.282 e. The van der Waals surface area contributed by atoms with E-state index in [-0.39, 0.29) is 5.56 Å². The van der Waals surface area contributed by atoms with Gasteiger partial charge in [0.1, 0.15) is 5.82 Å². The maximum Gasteiger partial charge on any atom is 0.301 e. The van der Waals surface area contributed by atoms with Gasteiger partial charge < -0.3 is 0 Å². The van der Waals surface area contributed by atoms with E-state index in [0.29, 0.717) is 0 Å². The van der Waals surface area contributed by atoms with Crippen LogP contribution in [0.1, 0.15) is 10.4 Å². The monoisotopic (exact) mass is 411 g/mol. The molecule has 0 radical (unpaired) electrons. The molecule has 4 rings (SSSR count). The maximum atomic E-state index is 13.2. The summed E-state index contributed by atoms with van der Waals surface area (Å²) >= 11 is 2.00. The first-order chi connectivity index (χ1) is 13.6. The van der Waals surface area contributed by atoms with Crippen molar-refractivity contribution in [2.45, 2.75) is 0 Å². The SMILES string of the molecule is O=C(NC(=O)c1cccc(F)c1)SNSN1c2cccc(-c3ccccc3)c21. The number of hydrogen-bond acceptors (Lipinski definition) is 6. The molecular formula is C20H14FN3O2S2. The van der Waals surface area contributed by atoms with Crippen LogP contribution in [0.3, 0.4) is 0 Å². The van der Waals surface area contributed by atoms with Gasteiger partial charge in [-0.25, -0.2) is 4.39 Å². The van der Waals surface area contributed by atoms with Crippen LogP contribution in [0.4, 0.5) is 20.6 Å². The van der Waals surface area contributed by atoms with Crippen molar-refractivity contribution in [3.8, 4) is 11.1 Å². The molecule has 28 heavy (non-hydrogen) atoms. The molecule has 0 unspecified atom stereocenters. The number of benzene rings is 3. The lowest BCUT2D eigenvalue weighted by Crippen LogP contribution is -2.28. The fraction of sp³-hybridized carbons (Fsp3) is 0. The number of carbonyl (C=O) groups is 2. The van der Waals surface area contributed by atoms with Crippen molar-refractivity contribution in [3.63, 3.8) is 0 Å². The Balaban J connectivity index is 1.30. The molecule has 5 nitrogen and oxygen atoms in total. The quantitative estimate of drug-likeness (QED) is 0.439. The summed E-state index contributed by atoms with van der Waals surface area (Å²) in [7, 11) is 0. The number of nitrogens with one attached hydrogen (secondary N) is 2. The minimum Gasteiger partial charge on any atom is -0.282 e. The highest BCUT2D eigenvalue weighted by Crippen LogP contribution is 2.57. The normalized spacial score (nSPS) is 11.7. The van der Waals surface area contributed by atoms with Gasteiger partial charge in [-0.15, -0.1) is 0 Å². The summed E-state index contributed by atoms with van der Waals surface area (Å²) in [6.07, 6.45) is 0. The molecule has 2 amide bonds. The van der Waals surface area contributed by atoms with Crippen LogP contribution in [-0.2, 0) is 0 Å². The Bertz CT molecular complexity index is 1050. The molecule has 0 saturated heterocycles. The van der Waals surface area contributed by atoms with E-state index in [1.807, 2.05) is 52.8 Å². The van der Waals surface area contributed by atoms with E-state index in [9.17, 15) is 14.0 Å². The van der Waals surface area contributed by atoms with Crippen LogP contribution in [0.25, 0.3) is 11.1 Å². The first kappa shape index (κ1) is 18.5. The third-order valence-electron chi connectivity index (χ3n) is 4.04. The van der Waals surface area contributed by atoms with Gasteiger partial charge in [0.15, 0.2) is 0 Å². The summed E-state index contributed by atoms with van der Waals surface area (Å²) in [6.45, 7) is 0. The zero-order valence-electron chi connectivity index (χ0n) is 14.4. The summed E-state index contributed by atoms with van der Waals surface area (Å²) in [4.78, 5) is 23.9. The molecule has 0 aliphatic carbocycles. The van der Waals surface area contributed by atoms with Gasteiger partial charge in [-0.05, 0) is 29.8 Å². The van der Waals surface area contributed by atoms with Gasteiger partial charge in [0.05, 0.1) is 23.5 Å². The van der Waals surface area contributed by atoms with Crippen LogP contribution in [0.15, 0.2) is 72.8 Å². The van der Waals surface area contributed by atoms with Gasteiger partial charge in [0.25, 0.3) is 5.91 Å². The van der Waals surface area contributed by atoms with E-state index >= 15 is 0 Å². The molecule has 0 saturated carbocycles. The molecule has 0 spiro atoms. The molecule has 0 atom stereocenters. The van der Waals surface area contributed by atoms with E-state index in [1.165, 1.54) is 30.3 Å². The number of halogens is 1. The molecule has 2 N–H and O–H groups in total. The third-order valence-corrected chi connectivity index (χ3v) is 5.52. The van der Waals surface area contributed by atoms with E-state index in [1.54, 1.807) is 0 Å². The maximum absolute atomic E-state index is 13.2. The van der Waals surface area contributed by atoms with E-state index in [4.69, 9.17) is 0 Å². The van der Waals surface area contributed by atoms with Crippen LogP contribution < -0.4 is 13.7 Å². The van der Waals surface area contributed by atoms with Crippen LogP contribution in [0, 0.1) is 5.82 Å². The van der Waals surface area contributed by atoms with Crippen molar-refractivity contribution in [3.05, 3.63) is 84.2 Å². The molecular weight excluding hydrogens is 397 g/mol. The number of rotatable bonds is 5. The number of hydrogen-bond donors (Lipinski definition) is 2. The predicted molar refractivity (Wildman–Crippen MR) is 112 cm³/mol. The highest BCUT2D eigenvalue weighted by Gasteiger charge is 2.33. The highest BCUT2D eigenvalue weighted by molar-refractivity contribution is 8.21. The van der Waals surface area contributed by atoms with Gasteiger partial charge in [-0.1, -0.05) is 48.5 Å². The van der Waals surface area contributed by atoms with Gasteiger partial charge in [0.2, 0.25) is 0 Å². The average Bonchev–Trinajstić information content (AvgIpc) is 3.42. The van der Waals surface area contributed by atoms with Gasteiger partial charge in [-0.2, -0.15) is 4.13 Å². The summed E-state index contributed by atoms with van der Waals surface area (Å²) in [5, 5.41) is 1.63. The Morgan fingerprint density at radius 2 is 1.71 bits per heavy atom. The van der Waals surface area contributed by atoms with Crippen molar-refractivity contribution < 1.29 is 14.0 Å². The number of imide groups is 1. The highest BCUT2D eigenvalue weighted by atomic mass is 32.2. The lowest BCUT2D eigenvalue weighted by molar-refractivity contribution is 0.0969. The van der Waals surface area contributed by atoms with E-state index < -0.39 is 17.0 Å². The minimum absolute atomic E-state index is 0.0902. The van der Waals surface area contributed by atoms with Crippen LogP contribution >= 0.6 is 24.1 Å². The topological polar surface area (TPSA) is 61.2 Å². The molecule has 140 valence electrons. The Morgan fingerprint density at radius 3 is 2.50 bits per heavy atom. The number of para-hydroxylation sites is 1. The van der Waals surface area contributed by atoms with Crippen LogP contribution in [0.5, 0.6) is 0 Å². The summed E-state index contributed by atoms with van der Waals surface area (Å²) in [6, 6.07) is 21.2. The fourth-order valence-electron chi connectivity index (χ4n) is 2.73. The largest absolute Gasteiger partial charge is 0.301 e. The Labute approximate surface area is 169 Å². The van der Waals surface area contributed by atoms with Crippen molar-refractivity contribution in [1.29, 1.82) is 0 Å². The molecule has 3 aromatic carbocycles. The van der Waals surface area contributed by atoms with Crippen LogP contribution in [-0.4, -0.2) is 11.1 Å². The average molecular weight is 411 g/mol. The van der Waals surface area contributed by atoms with E-state index in [2.05, 4.69) is 9.44 Å². The Kier molecular flexibility index (Phi) is 5.34. The number of carbonyl (C=O) groups excluding carboxylic acids is 2. The standard InChI is InChI=1S/C20H14FN3O2S2/c21-15-9-4-8-14(12-15)19(25)22-20(26)27-23-28-24-17-11-5-10-16(18(17)24)13-6-2-1-3-7-13/h1-12,23H,(H,22,25,26). The number of nitrogens with zero attached hydrogens (tertiary/aromatic N) is 1. The van der Waals surface area contributed by atoms with Crippen molar-refractivity contribution >= 4 is 46.6 Å². The predicted octanol–water partition coefficient (Wildman–Crippen LogP) is 5.30. The summed E-state index contributed by atoms with van der Waals surface area (Å²) < 4.78 is 18.0. The molecule has 0 aromatic heterocycles. The second kappa shape index (κ2) is 8.05. The lowest BCUT2D eigenvalue weighted by atomic mass is 10.1. The summed E-state index contributed by atoms with van der Waals surface area (Å²) in [5.74, 6) is -1.18. The van der Waals surface area contributed by atoms with Crippen molar-refractivity contribution in [1.82, 2.24) is 9.44 Å². The molecule has 1 aliphatic rings. The van der Waals surface area contributed by atoms with Gasteiger partial charge in [0, 0.05) is 23.1 Å². The second-order valence-electron chi connectivity index (χ2n) is 5.86.